The summed E-state index contributed by atoms with van der Waals surface area (Å²) in [4.78, 5) is 17.2. The van der Waals surface area contributed by atoms with Crippen molar-refractivity contribution in [1.29, 1.82) is 0 Å². The third-order valence-corrected chi connectivity index (χ3v) is 5.72. The van der Waals surface area contributed by atoms with Crippen molar-refractivity contribution < 1.29 is 9.18 Å². The second kappa shape index (κ2) is 6.42. The molecule has 0 bridgehead atoms. The minimum absolute atomic E-state index is 0.150. The van der Waals surface area contributed by atoms with E-state index in [4.69, 9.17) is 16.6 Å². The van der Waals surface area contributed by atoms with Gasteiger partial charge in [-0.1, -0.05) is 29.8 Å². The number of hydrogen-bond donors (Lipinski definition) is 1. The summed E-state index contributed by atoms with van der Waals surface area (Å²) >= 11 is 6.32. The van der Waals surface area contributed by atoms with Gasteiger partial charge in [-0.2, -0.15) is 9.78 Å². The second-order valence-electron chi connectivity index (χ2n) is 7.19. The van der Waals surface area contributed by atoms with Crippen molar-refractivity contribution in [2.75, 3.05) is 5.32 Å². The molecule has 1 amide bonds. The number of carbonyl (C=O) groups is 1. The van der Waals surface area contributed by atoms with Gasteiger partial charge in [-0.15, -0.1) is 0 Å². The van der Waals surface area contributed by atoms with Crippen LogP contribution in [0.15, 0.2) is 42.5 Å². The molecule has 5 rings (SSSR count). The van der Waals surface area contributed by atoms with E-state index < -0.39 is 5.82 Å². The van der Waals surface area contributed by atoms with E-state index in [1.165, 1.54) is 12.1 Å². The molecule has 4 aromatic rings. The molecule has 0 unspecified atom stereocenters. The minimum atomic E-state index is -0.411. The van der Waals surface area contributed by atoms with Gasteiger partial charge in [0, 0.05) is 30.0 Å². The highest BCUT2D eigenvalue weighted by Gasteiger charge is 2.34. The second-order valence-corrected chi connectivity index (χ2v) is 7.60. The largest absolute Gasteiger partial charge is 0.311 e. The molecule has 8 heteroatoms. The topological polar surface area (TPSA) is 64.7 Å². The fourth-order valence-electron chi connectivity index (χ4n) is 4.06. The van der Waals surface area contributed by atoms with Crippen LogP contribution in [0, 0.1) is 12.7 Å². The molecule has 0 fully saturated rings. The molecule has 0 saturated heterocycles. The average Bonchev–Trinajstić information content (AvgIpc) is 3.19. The number of aryl methyl sites for hydroxylation is 2. The Balaban J connectivity index is 1.72. The van der Waals surface area contributed by atoms with E-state index in [0.29, 0.717) is 22.4 Å². The number of halogens is 2. The van der Waals surface area contributed by atoms with Gasteiger partial charge in [-0.05, 0) is 36.8 Å². The molecular weight excluding hydrogens is 393 g/mol. The fraction of sp³-hybridized carbons (Fsp3) is 0.190. The van der Waals surface area contributed by atoms with E-state index in [0.717, 1.165) is 22.3 Å². The van der Waals surface area contributed by atoms with Crippen molar-refractivity contribution in [1.82, 2.24) is 19.3 Å². The maximum atomic E-state index is 13.5. The lowest BCUT2D eigenvalue weighted by molar-refractivity contribution is -0.116. The number of carbonyl (C=O) groups excluding carboxylic acids is 1. The van der Waals surface area contributed by atoms with Crippen LogP contribution < -0.4 is 5.32 Å². The van der Waals surface area contributed by atoms with Crippen molar-refractivity contribution in [3.05, 3.63) is 70.1 Å². The zero-order chi connectivity index (χ0) is 20.3. The minimum Gasteiger partial charge on any atom is -0.311 e. The molecule has 1 aliphatic heterocycles. The number of aromatic nitrogens is 4. The van der Waals surface area contributed by atoms with Crippen LogP contribution in [0.4, 0.5) is 10.2 Å². The van der Waals surface area contributed by atoms with E-state index in [1.807, 2.05) is 42.8 Å². The summed E-state index contributed by atoms with van der Waals surface area (Å²) in [5, 5.41) is 7.92. The van der Waals surface area contributed by atoms with Gasteiger partial charge in [-0.3, -0.25) is 4.79 Å². The lowest BCUT2D eigenvalue weighted by Crippen LogP contribution is -2.25. The molecular formula is C21H17ClFN5O. The van der Waals surface area contributed by atoms with Gasteiger partial charge >= 0.3 is 0 Å². The van der Waals surface area contributed by atoms with Crippen LogP contribution in [0.25, 0.3) is 17.0 Å². The molecule has 29 heavy (non-hydrogen) atoms. The van der Waals surface area contributed by atoms with Crippen LogP contribution in [0.1, 0.15) is 29.2 Å². The predicted octanol–water partition coefficient (Wildman–Crippen LogP) is 4.33. The highest BCUT2D eigenvalue weighted by Crippen LogP contribution is 2.42. The van der Waals surface area contributed by atoms with Gasteiger partial charge in [0.05, 0.1) is 16.7 Å². The SMILES string of the molecule is Cc1nn(-c2nc3ccccc3n2C)c2c1[C@H](c1ccc(F)cc1Cl)CC(=O)N2. The summed E-state index contributed by atoms with van der Waals surface area (Å²) in [6, 6.07) is 12.1. The van der Waals surface area contributed by atoms with Crippen LogP contribution in [-0.4, -0.2) is 25.2 Å². The molecule has 0 radical (unpaired) electrons. The molecule has 2 aromatic heterocycles. The summed E-state index contributed by atoms with van der Waals surface area (Å²) in [5.41, 5.74) is 4.14. The molecule has 1 N–H and O–H groups in total. The first kappa shape index (κ1) is 17.9. The smallest absolute Gasteiger partial charge is 0.233 e. The first-order chi connectivity index (χ1) is 13.9. The van der Waals surface area contributed by atoms with E-state index in [2.05, 4.69) is 10.4 Å². The Morgan fingerprint density at radius 3 is 2.79 bits per heavy atom. The van der Waals surface area contributed by atoms with Crippen LogP contribution in [0.2, 0.25) is 5.02 Å². The number of fused-ring (bicyclic) bond motifs is 2. The highest BCUT2D eigenvalue weighted by atomic mass is 35.5. The Hall–Kier alpha value is -3.19. The number of nitrogens with one attached hydrogen (secondary N) is 1. The molecule has 3 heterocycles. The zero-order valence-corrected chi connectivity index (χ0v) is 16.5. The summed E-state index contributed by atoms with van der Waals surface area (Å²) in [5.74, 6) is 0.300. The first-order valence-corrected chi connectivity index (χ1v) is 9.58. The van der Waals surface area contributed by atoms with Gasteiger partial charge in [0.2, 0.25) is 11.9 Å². The van der Waals surface area contributed by atoms with Crippen molar-refractivity contribution in [3.63, 3.8) is 0 Å². The molecule has 6 nitrogen and oxygen atoms in total. The standard InChI is InChI=1S/C21H17ClFN5O/c1-11-19-14(13-8-7-12(23)9-15(13)22)10-18(29)25-20(19)28(26-11)21-24-16-5-3-4-6-17(16)27(21)2/h3-9,14H,10H2,1-2H3,(H,25,29)/t14-/m0/s1. The van der Waals surface area contributed by atoms with Crippen LogP contribution in [0.3, 0.4) is 0 Å². The molecule has 0 saturated carbocycles. The van der Waals surface area contributed by atoms with Crippen molar-refractivity contribution in [3.8, 4) is 5.95 Å². The van der Waals surface area contributed by atoms with Crippen LogP contribution in [-0.2, 0) is 11.8 Å². The number of nitrogens with zero attached hydrogens (tertiary/aromatic N) is 4. The Morgan fingerprint density at radius 2 is 2.03 bits per heavy atom. The maximum absolute atomic E-state index is 13.5. The molecule has 1 aliphatic rings. The lowest BCUT2D eigenvalue weighted by Gasteiger charge is -2.25. The van der Waals surface area contributed by atoms with Gasteiger partial charge < -0.3 is 9.88 Å². The number of anilines is 1. The van der Waals surface area contributed by atoms with Gasteiger partial charge in [-0.25, -0.2) is 9.37 Å². The molecule has 0 aliphatic carbocycles. The molecule has 146 valence electrons. The van der Waals surface area contributed by atoms with Gasteiger partial charge in [0.25, 0.3) is 0 Å². The maximum Gasteiger partial charge on any atom is 0.233 e. The van der Waals surface area contributed by atoms with Crippen molar-refractivity contribution >= 4 is 34.4 Å². The normalized spacial score (nSPS) is 16.1. The Bertz CT molecular complexity index is 1290. The van der Waals surface area contributed by atoms with Gasteiger partial charge in [0.1, 0.15) is 11.6 Å². The monoisotopic (exact) mass is 409 g/mol. The molecule has 2 aromatic carbocycles. The fourth-order valence-corrected chi connectivity index (χ4v) is 4.36. The van der Waals surface area contributed by atoms with E-state index in [1.54, 1.807) is 10.7 Å². The summed E-state index contributed by atoms with van der Waals surface area (Å²) < 4.78 is 17.1. The average molecular weight is 410 g/mol. The molecule has 1 atom stereocenters. The van der Waals surface area contributed by atoms with Crippen LogP contribution in [0.5, 0.6) is 0 Å². The highest BCUT2D eigenvalue weighted by molar-refractivity contribution is 6.31. The Kier molecular flexibility index (Phi) is 3.96. The van der Waals surface area contributed by atoms with Gasteiger partial charge in [0.15, 0.2) is 0 Å². The van der Waals surface area contributed by atoms with E-state index >= 15 is 0 Å². The number of para-hydroxylation sites is 2. The summed E-state index contributed by atoms with van der Waals surface area (Å²) in [7, 11) is 1.91. The lowest BCUT2D eigenvalue weighted by atomic mass is 9.86. The Morgan fingerprint density at radius 1 is 1.24 bits per heavy atom. The summed E-state index contributed by atoms with van der Waals surface area (Å²) in [6.45, 7) is 1.89. The number of imidazole rings is 1. The predicted molar refractivity (Wildman–Crippen MR) is 109 cm³/mol. The summed E-state index contributed by atoms with van der Waals surface area (Å²) in [6.07, 6.45) is 0.216. The van der Waals surface area contributed by atoms with E-state index in [9.17, 15) is 9.18 Å². The number of hydrogen-bond acceptors (Lipinski definition) is 3. The van der Waals surface area contributed by atoms with Crippen molar-refractivity contribution in [2.24, 2.45) is 7.05 Å². The Labute approximate surface area is 170 Å². The quantitative estimate of drug-likeness (QED) is 0.535. The number of benzene rings is 2. The number of amides is 1. The third kappa shape index (κ3) is 2.73. The zero-order valence-electron chi connectivity index (χ0n) is 15.8. The molecule has 0 spiro atoms. The third-order valence-electron chi connectivity index (χ3n) is 5.39. The van der Waals surface area contributed by atoms with E-state index in [-0.39, 0.29) is 18.2 Å². The number of rotatable bonds is 2. The first-order valence-electron chi connectivity index (χ1n) is 9.20. The van der Waals surface area contributed by atoms with Crippen molar-refractivity contribution in [2.45, 2.75) is 19.3 Å². The van der Waals surface area contributed by atoms with Crippen LogP contribution >= 0.6 is 11.6 Å².